The van der Waals surface area contributed by atoms with Gasteiger partial charge in [0.2, 0.25) is 0 Å². The molecule has 5 heteroatoms. The number of fused-ring (bicyclic) bond motifs is 7. The molecule has 9 atom stereocenters. The SMILES string of the molecule is CC12CCC(C)(C(=O)O)C(C#N)C1C1C(=O)C=C3C4(C)C=CC(=O)C(C)(C)C4CCC3(C)C1(C)CC2. The van der Waals surface area contributed by atoms with Gasteiger partial charge in [-0.15, -0.1) is 0 Å². The molecule has 0 aromatic carbocycles. The summed E-state index contributed by atoms with van der Waals surface area (Å²) in [6.07, 6.45) is 10.4. The van der Waals surface area contributed by atoms with Gasteiger partial charge < -0.3 is 5.11 Å². The topological polar surface area (TPSA) is 95.2 Å². The Labute approximate surface area is 215 Å². The molecule has 0 saturated heterocycles. The molecule has 0 heterocycles. The fourth-order valence-corrected chi connectivity index (χ4v) is 9.96. The van der Waals surface area contributed by atoms with E-state index >= 15 is 0 Å². The van der Waals surface area contributed by atoms with Gasteiger partial charge in [0.15, 0.2) is 11.6 Å². The molecule has 0 amide bonds. The summed E-state index contributed by atoms with van der Waals surface area (Å²) in [7, 11) is 0. The van der Waals surface area contributed by atoms with Crippen molar-refractivity contribution in [3.05, 3.63) is 23.8 Å². The van der Waals surface area contributed by atoms with Crippen LogP contribution in [0.3, 0.4) is 0 Å². The molecule has 0 spiro atoms. The first kappa shape index (κ1) is 25.4. The molecule has 0 aromatic rings. The van der Waals surface area contributed by atoms with E-state index in [9.17, 15) is 24.8 Å². The number of carbonyl (C=O) groups excluding carboxylic acids is 2. The number of nitrogens with zero attached hydrogens (tertiary/aromatic N) is 1. The Kier molecular flexibility index (Phi) is 5.09. The second-order valence-electron chi connectivity index (χ2n) is 14.5. The van der Waals surface area contributed by atoms with Gasteiger partial charge in [-0.05, 0) is 85.7 Å². The van der Waals surface area contributed by atoms with E-state index in [-0.39, 0.29) is 51.0 Å². The summed E-state index contributed by atoms with van der Waals surface area (Å²) < 4.78 is 0. The van der Waals surface area contributed by atoms with E-state index < -0.39 is 22.7 Å². The molecule has 194 valence electrons. The molecular weight excluding hydrogens is 450 g/mol. The molecule has 3 fully saturated rings. The molecule has 9 unspecified atom stereocenters. The van der Waals surface area contributed by atoms with Crippen LogP contribution in [-0.4, -0.2) is 22.6 Å². The molecule has 5 rings (SSSR count). The number of carbonyl (C=O) groups is 3. The number of hydrogen-bond acceptors (Lipinski definition) is 4. The maximum absolute atomic E-state index is 14.3. The van der Waals surface area contributed by atoms with E-state index in [1.165, 1.54) is 0 Å². The Morgan fingerprint density at radius 3 is 2.25 bits per heavy atom. The van der Waals surface area contributed by atoms with Gasteiger partial charge in [0.05, 0.1) is 17.4 Å². The second kappa shape index (κ2) is 7.21. The zero-order valence-electron chi connectivity index (χ0n) is 22.9. The lowest BCUT2D eigenvalue weighted by Gasteiger charge is -2.69. The second-order valence-corrected chi connectivity index (χ2v) is 14.5. The normalized spacial score (nSPS) is 51.1. The number of carboxylic acid groups (broad SMARTS) is 1. The minimum absolute atomic E-state index is 0.0563. The number of hydrogen-bond donors (Lipinski definition) is 1. The fraction of sp³-hybridized carbons (Fsp3) is 0.742. The summed E-state index contributed by atoms with van der Waals surface area (Å²) in [5.41, 5.74) is -1.75. The third-order valence-electron chi connectivity index (χ3n) is 12.7. The van der Waals surface area contributed by atoms with Gasteiger partial charge in [0, 0.05) is 16.7 Å². The number of nitriles is 1. The lowest BCUT2D eigenvalue weighted by atomic mass is 9.33. The monoisotopic (exact) mass is 491 g/mol. The van der Waals surface area contributed by atoms with E-state index in [1.54, 1.807) is 13.0 Å². The van der Waals surface area contributed by atoms with Crippen molar-refractivity contribution in [3.63, 3.8) is 0 Å². The van der Waals surface area contributed by atoms with Gasteiger partial charge in [0.25, 0.3) is 0 Å². The van der Waals surface area contributed by atoms with Crippen molar-refractivity contribution in [1.29, 1.82) is 5.26 Å². The Hall–Kier alpha value is -2.22. The van der Waals surface area contributed by atoms with Gasteiger partial charge in [-0.25, -0.2) is 0 Å². The Morgan fingerprint density at radius 1 is 1.00 bits per heavy atom. The highest BCUT2D eigenvalue weighted by Crippen LogP contribution is 2.74. The summed E-state index contributed by atoms with van der Waals surface area (Å²) in [5, 5.41) is 20.6. The standard InChI is InChI=1S/C31H41NO4/c1-26(2)20-8-11-30(6)21(29(20,5)10-9-22(26)34)16-19(33)24-23-18(17-32)28(4,25(35)36)14-12-27(23,3)13-15-31(24,30)7/h9-10,16,18,20,23-24H,8,11-15H2,1-7H3,(H,35,36). The summed E-state index contributed by atoms with van der Waals surface area (Å²) in [6.45, 7) is 14.7. The highest BCUT2D eigenvalue weighted by atomic mass is 16.4. The lowest BCUT2D eigenvalue weighted by Crippen LogP contribution is -2.66. The van der Waals surface area contributed by atoms with Gasteiger partial charge >= 0.3 is 5.97 Å². The first-order chi connectivity index (χ1) is 16.5. The van der Waals surface area contributed by atoms with Gasteiger partial charge in [-0.1, -0.05) is 53.2 Å². The zero-order chi connectivity index (χ0) is 26.7. The van der Waals surface area contributed by atoms with E-state index in [1.807, 2.05) is 19.9 Å². The smallest absolute Gasteiger partial charge is 0.310 e. The average molecular weight is 492 g/mol. The molecule has 0 aromatic heterocycles. The van der Waals surface area contributed by atoms with Gasteiger partial charge in [-0.2, -0.15) is 5.26 Å². The molecule has 3 saturated carbocycles. The van der Waals surface area contributed by atoms with Crippen LogP contribution in [0.5, 0.6) is 0 Å². The van der Waals surface area contributed by atoms with Gasteiger partial charge in [0.1, 0.15) is 0 Å². The first-order valence-electron chi connectivity index (χ1n) is 13.7. The minimum Gasteiger partial charge on any atom is -0.481 e. The van der Waals surface area contributed by atoms with Crippen LogP contribution in [-0.2, 0) is 14.4 Å². The van der Waals surface area contributed by atoms with Crippen LogP contribution in [0.15, 0.2) is 23.8 Å². The molecule has 0 radical (unpaired) electrons. The van der Waals surface area contributed by atoms with Crippen molar-refractivity contribution < 1.29 is 19.5 Å². The maximum Gasteiger partial charge on any atom is 0.310 e. The minimum atomic E-state index is -1.15. The van der Waals surface area contributed by atoms with E-state index in [0.717, 1.165) is 37.7 Å². The number of aliphatic carboxylic acids is 1. The van der Waals surface area contributed by atoms with Crippen LogP contribution in [0.25, 0.3) is 0 Å². The molecule has 5 aliphatic rings. The maximum atomic E-state index is 14.3. The molecule has 36 heavy (non-hydrogen) atoms. The van der Waals surface area contributed by atoms with E-state index in [4.69, 9.17) is 0 Å². The van der Waals surface area contributed by atoms with Crippen molar-refractivity contribution in [3.8, 4) is 6.07 Å². The van der Waals surface area contributed by atoms with Crippen LogP contribution in [0, 0.1) is 67.5 Å². The Bertz CT molecular complexity index is 1170. The predicted molar refractivity (Wildman–Crippen MR) is 136 cm³/mol. The first-order valence-corrected chi connectivity index (χ1v) is 13.7. The molecular formula is C31H41NO4. The molecule has 5 nitrogen and oxygen atoms in total. The lowest BCUT2D eigenvalue weighted by molar-refractivity contribution is -0.187. The van der Waals surface area contributed by atoms with Crippen LogP contribution < -0.4 is 0 Å². The van der Waals surface area contributed by atoms with Crippen molar-refractivity contribution in [1.82, 2.24) is 0 Å². The van der Waals surface area contributed by atoms with E-state index in [2.05, 4.69) is 39.8 Å². The largest absolute Gasteiger partial charge is 0.481 e. The summed E-state index contributed by atoms with van der Waals surface area (Å²) in [4.78, 5) is 39.6. The summed E-state index contributed by atoms with van der Waals surface area (Å²) in [5.74, 6) is -1.97. The molecule has 1 N–H and O–H groups in total. The highest BCUT2D eigenvalue weighted by molar-refractivity contribution is 5.98. The number of ketones is 2. The predicted octanol–water partition coefficient (Wildman–Crippen LogP) is 6.15. The van der Waals surface area contributed by atoms with Crippen LogP contribution >= 0.6 is 0 Å². The third kappa shape index (κ3) is 2.74. The van der Waals surface area contributed by atoms with Crippen LogP contribution in [0.1, 0.15) is 87.0 Å². The van der Waals surface area contributed by atoms with Crippen molar-refractivity contribution in [2.45, 2.75) is 87.0 Å². The van der Waals surface area contributed by atoms with Crippen molar-refractivity contribution in [2.75, 3.05) is 0 Å². The van der Waals surface area contributed by atoms with Crippen molar-refractivity contribution in [2.24, 2.45) is 56.2 Å². The quantitative estimate of drug-likeness (QED) is 0.475. The van der Waals surface area contributed by atoms with Crippen LogP contribution in [0.4, 0.5) is 0 Å². The van der Waals surface area contributed by atoms with Gasteiger partial charge in [-0.3, -0.25) is 14.4 Å². The summed E-state index contributed by atoms with van der Waals surface area (Å²) in [6, 6.07) is 2.42. The Balaban J connectivity index is 1.70. The van der Waals surface area contributed by atoms with E-state index in [0.29, 0.717) is 6.42 Å². The van der Waals surface area contributed by atoms with Crippen molar-refractivity contribution >= 4 is 17.5 Å². The molecule has 5 aliphatic carbocycles. The number of allylic oxidation sites excluding steroid dienone is 4. The number of rotatable bonds is 1. The third-order valence-corrected chi connectivity index (χ3v) is 12.7. The molecule has 0 aliphatic heterocycles. The highest BCUT2D eigenvalue weighted by Gasteiger charge is 2.71. The number of carboxylic acids is 1. The fourth-order valence-electron chi connectivity index (χ4n) is 9.96. The molecule has 0 bridgehead atoms. The summed E-state index contributed by atoms with van der Waals surface area (Å²) >= 11 is 0. The Morgan fingerprint density at radius 2 is 1.64 bits per heavy atom. The van der Waals surface area contributed by atoms with Crippen LogP contribution in [0.2, 0.25) is 0 Å². The average Bonchev–Trinajstić information content (AvgIpc) is 2.79. The zero-order valence-corrected chi connectivity index (χ0v) is 22.9.